The summed E-state index contributed by atoms with van der Waals surface area (Å²) in [6.45, 7) is 10.7. The van der Waals surface area contributed by atoms with Crippen LogP contribution in [-0.2, 0) is 9.47 Å². The van der Waals surface area contributed by atoms with Gasteiger partial charge in [0.05, 0.1) is 11.1 Å². The van der Waals surface area contributed by atoms with Crippen LogP contribution in [0.25, 0.3) is 0 Å². The maximum absolute atomic E-state index is 12.4. The van der Waals surface area contributed by atoms with Gasteiger partial charge in [-0.3, -0.25) is 0 Å². The Kier molecular flexibility index (Phi) is 6.95. The third kappa shape index (κ3) is 7.18. The van der Waals surface area contributed by atoms with Gasteiger partial charge in [-0.1, -0.05) is 24.3 Å². The standard InChI is InChI=1S/C22H26BO6/c1-21(2,3)26-19(24)15-11-7-9-13-17(15)28-23-29-18-14-10-8-12-16(18)20(25)27-22(4,5)6/h7-14H,1-6H3. The molecule has 0 fully saturated rings. The highest BCUT2D eigenvalue weighted by Crippen LogP contribution is 2.24. The quantitative estimate of drug-likeness (QED) is 0.525. The van der Waals surface area contributed by atoms with Crippen LogP contribution in [0.5, 0.6) is 11.5 Å². The van der Waals surface area contributed by atoms with Crippen LogP contribution in [0.1, 0.15) is 62.3 Å². The molecule has 153 valence electrons. The molecule has 2 aromatic rings. The monoisotopic (exact) mass is 397 g/mol. The second kappa shape index (κ2) is 9.03. The van der Waals surface area contributed by atoms with E-state index < -0.39 is 23.1 Å². The Labute approximate surface area is 172 Å². The lowest BCUT2D eigenvalue weighted by atomic mass is 10.1. The zero-order chi connectivity index (χ0) is 21.7. The van der Waals surface area contributed by atoms with Crippen LogP contribution in [-0.4, -0.2) is 30.8 Å². The van der Waals surface area contributed by atoms with Gasteiger partial charge < -0.3 is 18.8 Å². The van der Waals surface area contributed by atoms with Crippen molar-refractivity contribution in [3.05, 3.63) is 59.7 Å². The first kappa shape index (κ1) is 22.3. The van der Waals surface area contributed by atoms with Crippen molar-refractivity contribution in [3.63, 3.8) is 0 Å². The van der Waals surface area contributed by atoms with Crippen molar-refractivity contribution in [1.82, 2.24) is 0 Å². The van der Waals surface area contributed by atoms with Gasteiger partial charge in [-0.2, -0.15) is 0 Å². The Morgan fingerprint density at radius 2 is 1.00 bits per heavy atom. The fourth-order valence-corrected chi connectivity index (χ4v) is 2.27. The van der Waals surface area contributed by atoms with Crippen molar-refractivity contribution < 1.29 is 28.4 Å². The Hall–Kier alpha value is -2.96. The fourth-order valence-electron chi connectivity index (χ4n) is 2.27. The fraction of sp³-hybridized carbons (Fsp3) is 0.364. The number of rotatable bonds is 6. The van der Waals surface area contributed by atoms with E-state index in [1.807, 2.05) is 0 Å². The van der Waals surface area contributed by atoms with Gasteiger partial charge in [0.2, 0.25) is 0 Å². The first-order valence-electron chi connectivity index (χ1n) is 9.26. The highest BCUT2D eigenvalue weighted by atomic mass is 16.6. The summed E-state index contributed by atoms with van der Waals surface area (Å²) >= 11 is 0. The summed E-state index contributed by atoms with van der Waals surface area (Å²) in [5, 5.41) is 0. The molecule has 0 saturated carbocycles. The lowest BCUT2D eigenvalue weighted by molar-refractivity contribution is 0.00556. The summed E-state index contributed by atoms with van der Waals surface area (Å²) in [6.07, 6.45) is 0. The third-order valence-corrected chi connectivity index (χ3v) is 3.36. The molecule has 0 spiro atoms. The van der Waals surface area contributed by atoms with E-state index >= 15 is 0 Å². The molecule has 0 heterocycles. The number of carbonyl (C=O) groups excluding carboxylic acids is 2. The van der Waals surface area contributed by atoms with Crippen LogP contribution in [0.4, 0.5) is 0 Å². The molecule has 2 aromatic carbocycles. The Morgan fingerprint density at radius 1 is 0.655 bits per heavy atom. The molecule has 0 unspecified atom stereocenters. The van der Waals surface area contributed by atoms with Gasteiger partial charge in [0.1, 0.15) is 22.7 Å². The Balaban J connectivity index is 2.08. The molecule has 0 aliphatic carbocycles. The van der Waals surface area contributed by atoms with Gasteiger partial charge >= 0.3 is 19.6 Å². The minimum Gasteiger partial charge on any atom is -0.526 e. The van der Waals surface area contributed by atoms with Crippen molar-refractivity contribution >= 4 is 19.6 Å². The lowest BCUT2D eigenvalue weighted by Gasteiger charge is -2.21. The van der Waals surface area contributed by atoms with E-state index in [0.717, 1.165) is 7.69 Å². The minimum atomic E-state index is -0.628. The summed E-state index contributed by atoms with van der Waals surface area (Å²) in [5.74, 6) is -0.459. The predicted octanol–water partition coefficient (Wildman–Crippen LogP) is 4.59. The number of benzene rings is 2. The van der Waals surface area contributed by atoms with Crippen LogP contribution < -0.4 is 9.31 Å². The molecular formula is C22H26BO6. The van der Waals surface area contributed by atoms with Crippen LogP contribution >= 0.6 is 0 Å². The van der Waals surface area contributed by atoms with E-state index in [4.69, 9.17) is 18.8 Å². The molecule has 2 rings (SSSR count). The van der Waals surface area contributed by atoms with Gasteiger partial charge in [-0.05, 0) is 65.8 Å². The van der Waals surface area contributed by atoms with Crippen LogP contribution in [0.3, 0.4) is 0 Å². The molecular weight excluding hydrogens is 371 g/mol. The van der Waals surface area contributed by atoms with Gasteiger partial charge in [-0.15, -0.1) is 0 Å². The summed E-state index contributed by atoms with van der Waals surface area (Å²) in [4.78, 5) is 24.7. The summed E-state index contributed by atoms with van der Waals surface area (Å²) < 4.78 is 21.8. The highest BCUT2D eigenvalue weighted by molar-refractivity contribution is 6.21. The lowest BCUT2D eigenvalue weighted by Crippen LogP contribution is -2.25. The molecule has 0 aliphatic rings. The average Bonchev–Trinajstić information content (AvgIpc) is 2.59. The molecule has 0 N–H and O–H groups in total. The molecule has 0 amide bonds. The summed E-state index contributed by atoms with van der Waals surface area (Å²) in [7, 11) is 1.06. The van der Waals surface area contributed by atoms with Crippen molar-refractivity contribution in [2.24, 2.45) is 0 Å². The minimum absolute atomic E-state index is 0.266. The number of hydrogen-bond donors (Lipinski definition) is 0. The third-order valence-electron chi connectivity index (χ3n) is 3.36. The number of hydrogen-bond acceptors (Lipinski definition) is 6. The topological polar surface area (TPSA) is 71.1 Å². The molecule has 6 nitrogen and oxygen atoms in total. The van der Waals surface area contributed by atoms with Gasteiger partial charge in [0.15, 0.2) is 0 Å². The predicted molar refractivity (Wildman–Crippen MR) is 110 cm³/mol. The zero-order valence-electron chi connectivity index (χ0n) is 17.6. The van der Waals surface area contributed by atoms with E-state index in [9.17, 15) is 9.59 Å². The second-order valence-corrected chi connectivity index (χ2v) is 8.33. The number of esters is 2. The second-order valence-electron chi connectivity index (χ2n) is 8.33. The zero-order valence-corrected chi connectivity index (χ0v) is 17.6. The van der Waals surface area contributed by atoms with E-state index in [-0.39, 0.29) is 22.6 Å². The van der Waals surface area contributed by atoms with Crippen molar-refractivity contribution in [1.29, 1.82) is 0 Å². The molecule has 0 aromatic heterocycles. The highest BCUT2D eigenvalue weighted by Gasteiger charge is 2.23. The van der Waals surface area contributed by atoms with Crippen LogP contribution in [0, 0.1) is 0 Å². The van der Waals surface area contributed by atoms with Crippen molar-refractivity contribution in [2.75, 3.05) is 0 Å². The molecule has 7 heteroatoms. The normalized spacial score (nSPS) is 11.4. The molecule has 0 bridgehead atoms. The Morgan fingerprint density at radius 3 is 1.34 bits per heavy atom. The Bertz CT molecular complexity index is 793. The molecule has 0 aliphatic heterocycles. The van der Waals surface area contributed by atoms with Gasteiger partial charge in [0, 0.05) is 0 Å². The van der Waals surface area contributed by atoms with Gasteiger partial charge in [0.25, 0.3) is 0 Å². The van der Waals surface area contributed by atoms with E-state index in [2.05, 4.69) is 0 Å². The molecule has 29 heavy (non-hydrogen) atoms. The van der Waals surface area contributed by atoms with E-state index in [1.165, 1.54) is 0 Å². The van der Waals surface area contributed by atoms with Gasteiger partial charge in [-0.25, -0.2) is 9.59 Å². The number of ether oxygens (including phenoxy) is 2. The van der Waals surface area contributed by atoms with E-state index in [1.54, 1.807) is 90.1 Å². The van der Waals surface area contributed by atoms with Crippen molar-refractivity contribution in [2.45, 2.75) is 52.7 Å². The van der Waals surface area contributed by atoms with E-state index in [0.29, 0.717) is 0 Å². The van der Waals surface area contributed by atoms with Crippen molar-refractivity contribution in [3.8, 4) is 11.5 Å². The van der Waals surface area contributed by atoms with Crippen LogP contribution in [0.2, 0.25) is 0 Å². The smallest absolute Gasteiger partial charge is 0.526 e. The molecule has 0 saturated heterocycles. The first-order valence-corrected chi connectivity index (χ1v) is 9.26. The summed E-state index contributed by atoms with van der Waals surface area (Å²) in [6, 6.07) is 13.3. The molecule has 1 radical (unpaired) electrons. The first-order chi connectivity index (χ1) is 13.5. The maximum atomic E-state index is 12.4. The summed E-state index contributed by atoms with van der Waals surface area (Å²) in [5.41, 5.74) is -0.724. The number of para-hydroxylation sites is 2. The largest absolute Gasteiger partial charge is 0.658 e. The SMILES string of the molecule is CC(C)(C)OC(=O)c1ccccc1O[B]Oc1ccccc1C(=O)OC(C)(C)C. The van der Waals surface area contributed by atoms with Crippen LogP contribution in [0.15, 0.2) is 48.5 Å². The average molecular weight is 397 g/mol. The number of carbonyl (C=O) groups is 2. The maximum Gasteiger partial charge on any atom is 0.658 e. The molecule has 0 atom stereocenters.